The Bertz CT molecular complexity index is 822. The van der Waals surface area contributed by atoms with E-state index in [-0.39, 0.29) is 17.6 Å². The van der Waals surface area contributed by atoms with Gasteiger partial charge in [0.25, 0.3) is 0 Å². The lowest BCUT2D eigenvalue weighted by molar-refractivity contribution is -0.00584. The molecule has 3 aliphatic heterocycles. The fraction of sp³-hybridized carbons (Fsp3) is 0.650. The van der Waals surface area contributed by atoms with Crippen molar-refractivity contribution in [1.29, 1.82) is 0 Å². The topological polar surface area (TPSA) is 63.6 Å². The zero-order valence-electron chi connectivity index (χ0n) is 16.5. The Balaban J connectivity index is 1.41. The second-order valence-corrected chi connectivity index (χ2v) is 9.34. The monoisotopic (exact) mass is 401 g/mol. The fourth-order valence-electron chi connectivity index (χ4n) is 4.81. The Morgan fingerprint density at radius 1 is 1.25 bits per heavy atom. The second kappa shape index (κ2) is 7.33. The van der Waals surface area contributed by atoms with Crippen LogP contribution < -0.4 is 4.90 Å². The van der Waals surface area contributed by atoms with Gasteiger partial charge < -0.3 is 14.4 Å². The summed E-state index contributed by atoms with van der Waals surface area (Å²) in [5.74, 6) is 0.834. The van der Waals surface area contributed by atoms with E-state index in [9.17, 15) is 0 Å². The highest BCUT2D eigenvalue weighted by Crippen LogP contribution is 2.40. The van der Waals surface area contributed by atoms with Gasteiger partial charge in [-0.1, -0.05) is 0 Å². The van der Waals surface area contributed by atoms with E-state index in [1.165, 1.54) is 10.7 Å². The molecule has 1 spiro atoms. The third kappa shape index (κ3) is 3.43. The fourth-order valence-corrected chi connectivity index (χ4v) is 5.46. The third-order valence-electron chi connectivity index (χ3n) is 5.97. The molecule has 7 nitrogen and oxygen atoms in total. The summed E-state index contributed by atoms with van der Waals surface area (Å²) in [4.78, 5) is 19.0. The van der Waals surface area contributed by atoms with Gasteiger partial charge in [0.2, 0.25) is 5.95 Å². The Kier molecular flexibility index (Phi) is 4.82. The van der Waals surface area contributed by atoms with E-state index in [4.69, 9.17) is 14.5 Å². The highest BCUT2D eigenvalue weighted by Gasteiger charge is 2.45. The zero-order chi connectivity index (χ0) is 19.1. The van der Waals surface area contributed by atoms with Crippen LogP contribution in [-0.4, -0.2) is 64.8 Å². The Morgan fingerprint density at radius 2 is 2.11 bits per heavy atom. The number of thiazole rings is 1. The van der Waals surface area contributed by atoms with E-state index in [0.29, 0.717) is 6.61 Å². The van der Waals surface area contributed by atoms with Crippen LogP contribution in [-0.2, 0) is 28.0 Å². The van der Waals surface area contributed by atoms with Gasteiger partial charge in [-0.05, 0) is 26.8 Å². The van der Waals surface area contributed by atoms with Crippen LogP contribution in [0.4, 0.5) is 5.95 Å². The van der Waals surface area contributed by atoms with Crippen molar-refractivity contribution in [3.8, 4) is 0 Å². The maximum absolute atomic E-state index is 5.98. The number of likely N-dealkylation sites (tertiary alicyclic amines) is 1. The van der Waals surface area contributed by atoms with Gasteiger partial charge in [0.1, 0.15) is 5.01 Å². The smallest absolute Gasteiger partial charge is 0.225 e. The average molecular weight is 402 g/mol. The lowest BCUT2D eigenvalue weighted by atomic mass is 9.80. The number of ether oxygens (including phenoxy) is 2. The van der Waals surface area contributed by atoms with Gasteiger partial charge >= 0.3 is 0 Å². The molecule has 2 aromatic rings. The summed E-state index contributed by atoms with van der Waals surface area (Å²) < 4.78 is 11.9. The molecule has 0 saturated carbocycles. The van der Waals surface area contributed by atoms with Crippen LogP contribution in [0.15, 0.2) is 17.8 Å². The number of rotatable bonds is 3. The first-order valence-electron chi connectivity index (χ1n) is 10.1. The van der Waals surface area contributed by atoms with Crippen LogP contribution >= 0.6 is 11.3 Å². The van der Waals surface area contributed by atoms with E-state index < -0.39 is 0 Å². The summed E-state index contributed by atoms with van der Waals surface area (Å²) in [5.41, 5.74) is 2.30. The van der Waals surface area contributed by atoms with Crippen molar-refractivity contribution < 1.29 is 9.47 Å². The first-order chi connectivity index (χ1) is 13.6. The summed E-state index contributed by atoms with van der Waals surface area (Å²) in [6.45, 7) is 10.2. The second-order valence-electron chi connectivity index (χ2n) is 8.37. The third-order valence-corrected chi connectivity index (χ3v) is 6.73. The summed E-state index contributed by atoms with van der Waals surface area (Å²) in [5, 5.41) is 3.22. The molecule has 0 aromatic carbocycles. The highest BCUT2D eigenvalue weighted by atomic mass is 32.1. The van der Waals surface area contributed by atoms with Crippen LogP contribution in [0, 0.1) is 0 Å². The lowest BCUT2D eigenvalue weighted by Gasteiger charge is -2.38. The molecule has 0 N–H and O–H groups in total. The molecular formula is C20H27N5O2S. The maximum Gasteiger partial charge on any atom is 0.225 e. The van der Waals surface area contributed by atoms with Gasteiger partial charge in [0.05, 0.1) is 43.1 Å². The van der Waals surface area contributed by atoms with Crippen molar-refractivity contribution in [2.24, 2.45) is 0 Å². The molecule has 2 fully saturated rings. The molecule has 2 saturated heterocycles. The summed E-state index contributed by atoms with van der Waals surface area (Å²) in [7, 11) is 0. The molecule has 0 unspecified atom stereocenters. The number of fused-ring (bicyclic) bond motifs is 2. The molecule has 0 radical (unpaired) electrons. The van der Waals surface area contributed by atoms with Crippen LogP contribution in [0.2, 0.25) is 0 Å². The maximum atomic E-state index is 5.98. The molecule has 5 rings (SSSR count). The minimum atomic E-state index is -0.0357. The molecule has 28 heavy (non-hydrogen) atoms. The van der Waals surface area contributed by atoms with Gasteiger partial charge in [-0.15, -0.1) is 11.3 Å². The Labute approximate surface area is 169 Å². The van der Waals surface area contributed by atoms with E-state index >= 15 is 0 Å². The molecular weight excluding hydrogens is 374 g/mol. The minimum Gasteiger partial charge on any atom is -0.376 e. The van der Waals surface area contributed by atoms with E-state index in [1.807, 2.05) is 17.8 Å². The van der Waals surface area contributed by atoms with E-state index in [0.717, 1.165) is 57.3 Å². The minimum absolute atomic E-state index is 0.0357. The zero-order valence-corrected chi connectivity index (χ0v) is 17.3. The number of aromatic nitrogens is 3. The number of hydrogen-bond donors (Lipinski definition) is 0. The lowest BCUT2D eigenvalue weighted by Crippen LogP contribution is -2.47. The number of anilines is 1. The van der Waals surface area contributed by atoms with Crippen LogP contribution in [0.1, 0.15) is 36.5 Å². The van der Waals surface area contributed by atoms with Crippen molar-refractivity contribution in [2.75, 3.05) is 37.7 Å². The molecule has 8 heteroatoms. The number of hydrogen-bond acceptors (Lipinski definition) is 8. The van der Waals surface area contributed by atoms with Crippen molar-refractivity contribution in [3.05, 3.63) is 34.0 Å². The molecule has 3 atom stereocenters. The highest BCUT2D eigenvalue weighted by molar-refractivity contribution is 7.09. The molecule has 150 valence electrons. The first kappa shape index (κ1) is 18.4. The van der Waals surface area contributed by atoms with Crippen LogP contribution in [0.5, 0.6) is 0 Å². The number of morpholine rings is 1. The van der Waals surface area contributed by atoms with Crippen molar-refractivity contribution in [3.63, 3.8) is 0 Å². The van der Waals surface area contributed by atoms with E-state index in [2.05, 4.69) is 33.6 Å². The normalized spacial score (nSPS) is 30.7. The first-order valence-corrected chi connectivity index (χ1v) is 10.9. The Morgan fingerprint density at radius 3 is 2.89 bits per heavy atom. The van der Waals surface area contributed by atoms with Gasteiger partial charge in [-0.3, -0.25) is 4.90 Å². The van der Waals surface area contributed by atoms with E-state index in [1.54, 1.807) is 11.3 Å². The summed E-state index contributed by atoms with van der Waals surface area (Å²) >= 11 is 1.72. The molecule has 2 aromatic heterocycles. The quantitative estimate of drug-likeness (QED) is 0.781. The SMILES string of the molecule is C[C@@H]1CN(c2ncc3c(n2)[C@]2(CCN(Cc4nccs4)C2)COC3)C[C@H](C)O1. The van der Waals surface area contributed by atoms with Gasteiger partial charge in [0, 0.05) is 43.0 Å². The van der Waals surface area contributed by atoms with Gasteiger partial charge in [-0.2, -0.15) is 0 Å². The largest absolute Gasteiger partial charge is 0.376 e. The van der Waals surface area contributed by atoms with Gasteiger partial charge in [0.15, 0.2) is 0 Å². The predicted octanol–water partition coefficient (Wildman–Crippen LogP) is 2.22. The van der Waals surface area contributed by atoms with Crippen LogP contribution in [0.3, 0.4) is 0 Å². The van der Waals surface area contributed by atoms with Crippen LogP contribution in [0.25, 0.3) is 0 Å². The molecule has 3 aliphatic rings. The summed E-state index contributed by atoms with van der Waals surface area (Å²) in [6, 6.07) is 0. The molecule has 5 heterocycles. The number of nitrogens with zero attached hydrogens (tertiary/aromatic N) is 5. The van der Waals surface area contributed by atoms with Crippen molar-refractivity contribution in [2.45, 2.75) is 51.0 Å². The standard InChI is InChI=1S/C20H27N5O2S/c1-14-8-25(9-15(2)27-14)19-22-7-16-11-26-13-20(18(16)23-19)3-5-24(12-20)10-17-21-4-6-28-17/h4,6-7,14-15H,3,5,8-13H2,1-2H3/t14-,15+,20-/m0/s1. The Hall–Kier alpha value is -1.61. The average Bonchev–Trinajstić information content (AvgIpc) is 3.32. The predicted molar refractivity (Wildman–Crippen MR) is 108 cm³/mol. The van der Waals surface area contributed by atoms with Crippen molar-refractivity contribution >= 4 is 17.3 Å². The molecule has 0 amide bonds. The molecule has 0 aliphatic carbocycles. The van der Waals surface area contributed by atoms with Crippen molar-refractivity contribution in [1.82, 2.24) is 19.9 Å². The molecule has 0 bridgehead atoms. The van der Waals surface area contributed by atoms with Gasteiger partial charge in [-0.25, -0.2) is 15.0 Å². The summed E-state index contributed by atoms with van der Waals surface area (Å²) in [6.07, 6.45) is 5.32.